The summed E-state index contributed by atoms with van der Waals surface area (Å²) < 4.78 is 0. The van der Waals surface area contributed by atoms with Gasteiger partial charge in [-0.15, -0.1) is 0 Å². The van der Waals surface area contributed by atoms with Crippen LogP contribution in [0.3, 0.4) is 0 Å². The van der Waals surface area contributed by atoms with Gasteiger partial charge in [0.05, 0.1) is 11.4 Å². The van der Waals surface area contributed by atoms with E-state index in [4.69, 9.17) is 5.73 Å². The van der Waals surface area contributed by atoms with Crippen LogP contribution in [-0.2, 0) is 0 Å². The van der Waals surface area contributed by atoms with E-state index in [0.29, 0.717) is 6.04 Å². The lowest BCUT2D eigenvalue weighted by Gasteiger charge is -2.31. The molecule has 0 aromatic heterocycles. The quantitative estimate of drug-likeness (QED) is 0.754. The molecule has 1 saturated heterocycles. The molecule has 1 atom stereocenters. The third kappa shape index (κ3) is 2.55. The Kier molecular flexibility index (Phi) is 3.57. The Hall–Kier alpha value is -1.22. The lowest BCUT2D eigenvalue weighted by Crippen LogP contribution is -2.38. The van der Waals surface area contributed by atoms with Crippen LogP contribution in [-0.4, -0.2) is 37.6 Å². The van der Waals surface area contributed by atoms with Crippen molar-refractivity contribution >= 4 is 11.4 Å². The summed E-state index contributed by atoms with van der Waals surface area (Å²) in [6.45, 7) is 7.73. The highest BCUT2D eigenvalue weighted by Crippen LogP contribution is 2.28. The van der Waals surface area contributed by atoms with Gasteiger partial charge in [0.2, 0.25) is 0 Å². The molecule has 1 aliphatic rings. The smallest absolute Gasteiger partial charge is 0.0605 e. The van der Waals surface area contributed by atoms with Crippen molar-refractivity contribution in [2.45, 2.75) is 26.3 Å². The van der Waals surface area contributed by atoms with E-state index in [1.807, 2.05) is 0 Å². The number of nitrogens with zero attached hydrogens (tertiary/aromatic N) is 2. The van der Waals surface area contributed by atoms with Gasteiger partial charge in [-0.05, 0) is 45.5 Å². The zero-order valence-corrected chi connectivity index (χ0v) is 11.1. The Morgan fingerprint density at radius 3 is 2.82 bits per heavy atom. The Morgan fingerprint density at radius 1 is 1.29 bits per heavy atom. The van der Waals surface area contributed by atoms with Gasteiger partial charge >= 0.3 is 0 Å². The summed E-state index contributed by atoms with van der Waals surface area (Å²) >= 11 is 0. The van der Waals surface area contributed by atoms with Crippen LogP contribution in [0.2, 0.25) is 0 Å². The van der Waals surface area contributed by atoms with Crippen molar-refractivity contribution in [1.29, 1.82) is 0 Å². The van der Waals surface area contributed by atoms with E-state index in [-0.39, 0.29) is 0 Å². The Morgan fingerprint density at radius 2 is 2.06 bits per heavy atom. The minimum atomic E-state index is 0.520. The summed E-state index contributed by atoms with van der Waals surface area (Å²) in [4.78, 5) is 4.85. The number of likely N-dealkylation sites (N-methyl/N-ethyl adjacent to an activating group) is 1. The number of nitrogen functional groups attached to an aromatic ring is 1. The van der Waals surface area contributed by atoms with Gasteiger partial charge in [-0.3, -0.25) is 0 Å². The van der Waals surface area contributed by atoms with Gasteiger partial charge < -0.3 is 15.5 Å². The molecular weight excluding hydrogens is 210 g/mol. The maximum Gasteiger partial charge on any atom is 0.0605 e. The number of hydrogen-bond acceptors (Lipinski definition) is 3. The highest BCUT2D eigenvalue weighted by molar-refractivity contribution is 5.71. The molecule has 2 rings (SSSR count). The van der Waals surface area contributed by atoms with Crippen LogP contribution in [0, 0.1) is 6.92 Å². The first kappa shape index (κ1) is 12.2. The minimum absolute atomic E-state index is 0.520. The highest BCUT2D eigenvalue weighted by atomic mass is 15.2. The third-order valence-electron chi connectivity index (χ3n) is 3.66. The molecule has 1 aromatic carbocycles. The summed E-state index contributed by atoms with van der Waals surface area (Å²) in [5.74, 6) is 0. The molecule has 3 nitrogen and oxygen atoms in total. The van der Waals surface area contributed by atoms with E-state index in [9.17, 15) is 0 Å². The normalized spacial score (nSPS) is 22.5. The molecule has 0 saturated carbocycles. The zero-order valence-electron chi connectivity index (χ0n) is 11.1. The van der Waals surface area contributed by atoms with Gasteiger partial charge in [-0.1, -0.05) is 12.1 Å². The maximum absolute atomic E-state index is 6.21. The summed E-state index contributed by atoms with van der Waals surface area (Å²) in [5.41, 5.74) is 9.52. The van der Waals surface area contributed by atoms with Crippen LogP contribution in [0.5, 0.6) is 0 Å². The van der Waals surface area contributed by atoms with E-state index >= 15 is 0 Å². The number of anilines is 2. The topological polar surface area (TPSA) is 32.5 Å². The van der Waals surface area contributed by atoms with Crippen LogP contribution in [0.1, 0.15) is 18.9 Å². The molecule has 1 aromatic rings. The molecule has 0 amide bonds. The van der Waals surface area contributed by atoms with E-state index in [1.54, 1.807) is 0 Å². The van der Waals surface area contributed by atoms with Crippen LogP contribution in [0.25, 0.3) is 0 Å². The van der Waals surface area contributed by atoms with Crippen LogP contribution >= 0.6 is 0 Å². The second kappa shape index (κ2) is 4.96. The maximum atomic E-state index is 6.21. The van der Waals surface area contributed by atoms with Crippen molar-refractivity contribution in [3.05, 3.63) is 23.8 Å². The van der Waals surface area contributed by atoms with Crippen LogP contribution < -0.4 is 10.6 Å². The molecular formula is C14H23N3. The molecule has 1 fully saturated rings. The first-order chi connectivity index (χ1) is 8.09. The largest absolute Gasteiger partial charge is 0.397 e. The van der Waals surface area contributed by atoms with Gasteiger partial charge in [-0.25, -0.2) is 0 Å². The molecule has 1 aliphatic heterocycles. The average Bonchev–Trinajstić information content (AvgIpc) is 2.44. The Bertz CT molecular complexity index is 389. The zero-order chi connectivity index (χ0) is 12.4. The molecule has 0 aliphatic carbocycles. The van der Waals surface area contributed by atoms with E-state index in [1.165, 1.54) is 24.2 Å². The first-order valence-electron chi connectivity index (χ1n) is 6.40. The standard InChI is InChI=1S/C14H23N3/c1-11-6-4-7-13(14(11)15)17-9-5-8-16(3)10-12(17)2/h4,6-7,12H,5,8-10,15H2,1-3H3. The molecule has 0 spiro atoms. The number of aryl methyl sites for hydroxylation is 1. The highest BCUT2D eigenvalue weighted by Gasteiger charge is 2.21. The van der Waals surface area contributed by atoms with Gasteiger partial charge in [0.25, 0.3) is 0 Å². The average molecular weight is 233 g/mol. The van der Waals surface area contributed by atoms with Gasteiger partial charge in [-0.2, -0.15) is 0 Å². The first-order valence-corrected chi connectivity index (χ1v) is 6.40. The van der Waals surface area contributed by atoms with Crippen LogP contribution in [0.4, 0.5) is 11.4 Å². The monoisotopic (exact) mass is 233 g/mol. The molecule has 1 heterocycles. The summed E-state index contributed by atoms with van der Waals surface area (Å²) in [5, 5.41) is 0. The van der Waals surface area contributed by atoms with Crippen LogP contribution in [0.15, 0.2) is 18.2 Å². The molecule has 17 heavy (non-hydrogen) atoms. The van der Waals surface area contributed by atoms with Crippen molar-refractivity contribution in [2.24, 2.45) is 0 Å². The summed E-state index contributed by atoms with van der Waals surface area (Å²) in [6.07, 6.45) is 1.20. The van der Waals surface area contributed by atoms with E-state index < -0.39 is 0 Å². The lowest BCUT2D eigenvalue weighted by molar-refractivity contribution is 0.337. The minimum Gasteiger partial charge on any atom is -0.397 e. The molecule has 94 valence electrons. The number of para-hydroxylation sites is 1. The fourth-order valence-electron chi connectivity index (χ4n) is 2.65. The summed E-state index contributed by atoms with van der Waals surface area (Å²) in [6, 6.07) is 6.84. The van der Waals surface area contributed by atoms with Crippen molar-refractivity contribution in [3.8, 4) is 0 Å². The fraction of sp³-hybridized carbons (Fsp3) is 0.571. The van der Waals surface area contributed by atoms with Crippen molar-refractivity contribution in [1.82, 2.24) is 4.90 Å². The summed E-state index contributed by atoms with van der Waals surface area (Å²) in [7, 11) is 2.19. The number of hydrogen-bond donors (Lipinski definition) is 1. The van der Waals surface area contributed by atoms with Crippen molar-refractivity contribution in [2.75, 3.05) is 37.3 Å². The van der Waals surface area contributed by atoms with Crippen molar-refractivity contribution in [3.63, 3.8) is 0 Å². The Balaban J connectivity index is 2.28. The molecule has 0 radical (unpaired) electrons. The second-order valence-corrected chi connectivity index (χ2v) is 5.17. The number of rotatable bonds is 1. The van der Waals surface area contributed by atoms with Gasteiger partial charge in [0.1, 0.15) is 0 Å². The number of nitrogens with two attached hydrogens (primary N) is 1. The molecule has 3 heteroatoms. The van der Waals surface area contributed by atoms with Gasteiger partial charge in [0, 0.05) is 19.1 Å². The molecule has 2 N–H and O–H groups in total. The predicted octanol–water partition coefficient (Wildman–Crippen LogP) is 2.11. The fourth-order valence-corrected chi connectivity index (χ4v) is 2.65. The predicted molar refractivity (Wildman–Crippen MR) is 74.5 cm³/mol. The van der Waals surface area contributed by atoms with Crippen molar-refractivity contribution < 1.29 is 0 Å². The SMILES string of the molecule is Cc1cccc(N2CCCN(C)CC2C)c1N. The molecule has 0 bridgehead atoms. The molecule has 1 unspecified atom stereocenters. The Labute approximate surface area is 104 Å². The third-order valence-corrected chi connectivity index (χ3v) is 3.66. The second-order valence-electron chi connectivity index (χ2n) is 5.17. The number of benzene rings is 1. The van der Waals surface area contributed by atoms with E-state index in [0.717, 1.165) is 18.8 Å². The van der Waals surface area contributed by atoms with E-state index in [2.05, 4.69) is 48.9 Å². The lowest BCUT2D eigenvalue weighted by atomic mass is 10.1. The van der Waals surface area contributed by atoms with Gasteiger partial charge in [0.15, 0.2) is 0 Å².